The van der Waals surface area contributed by atoms with Crippen LogP contribution in [0.3, 0.4) is 0 Å². The van der Waals surface area contributed by atoms with Crippen molar-refractivity contribution >= 4 is 19.8 Å². The van der Waals surface area contributed by atoms with Crippen molar-refractivity contribution in [1.29, 1.82) is 0 Å². The number of aliphatic hydroxyl groups excluding tert-OH is 2. The van der Waals surface area contributed by atoms with Crippen LogP contribution in [-0.2, 0) is 32.7 Å². The topological polar surface area (TPSA) is 152 Å². The van der Waals surface area contributed by atoms with Crippen molar-refractivity contribution in [3.8, 4) is 0 Å². The van der Waals surface area contributed by atoms with Crippen molar-refractivity contribution in [1.82, 2.24) is 0 Å². The van der Waals surface area contributed by atoms with E-state index in [1.165, 1.54) is 19.3 Å². The number of ether oxygens (including phenoxy) is 2. The molecule has 0 bridgehead atoms. The zero-order chi connectivity index (χ0) is 44.6. The number of carbonyl (C=O) groups is 2. The molecule has 0 rings (SSSR count). The minimum absolute atomic E-state index is 0.0724. The predicted octanol–water partition coefficient (Wildman–Crippen LogP) is 9.88. The van der Waals surface area contributed by atoms with E-state index in [1.54, 1.807) is 30.4 Å². The van der Waals surface area contributed by atoms with E-state index in [1.807, 2.05) is 63.7 Å². The number of unbranched alkanes of at least 4 members (excludes halogenated alkanes) is 9. The lowest BCUT2D eigenvalue weighted by Gasteiger charge is -2.28. The number of carbonyl (C=O) groups excluding carboxylic acids is 2. The number of hydrogen-bond acceptors (Lipinski definition) is 10. The van der Waals surface area contributed by atoms with Crippen LogP contribution in [-0.4, -0.2) is 92.5 Å². The maximum Gasteiger partial charge on any atom is 0.306 e. The molecule has 342 valence electrons. The summed E-state index contributed by atoms with van der Waals surface area (Å²) in [5, 5.41) is 20.0. The Morgan fingerprint density at radius 2 is 1.27 bits per heavy atom. The molecular weight excluding hydrogens is 781 g/mol. The number of hydrogen-bond donors (Lipinski definition) is 2. The molecule has 0 aromatic heterocycles. The Morgan fingerprint density at radius 1 is 0.650 bits per heavy atom. The third-order valence-electron chi connectivity index (χ3n) is 8.76. The maximum atomic E-state index is 12.7. The van der Waals surface area contributed by atoms with Crippen LogP contribution in [0.1, 0.15) is 129 Å². The Bertz CT molecular complexity index is 1380. The predicted molar refractivity (Wildman–Crippen MR) is 243 cm³/mol. The number of phosphoric ester groups is 1. The fourth-order valence-corrected chi connectivity index (χ4v) is 5.97. The number of likely N-dealkylation sites (N-methyl/N-ethyl adjacent to an activating group) is 1. The molecule has 0 amide bonds. The van der Waals surface area contributed by atoms with Crippen molar-refractivity contribution in [2.75, 3.05) is 47.5 Å². The Morgan fingerprint density at radius 3 is 1.95 bits per heavy atom. The Labute approximate surface area is 363 Å². The van der Waals surface area contributed by atoms with Gasteiger partial charge in [0.2, 0.25) is 0 Å². The van der Waals surface area contributed by atoms with E-state index in [4.69, 9.17) is 18.5 Å². The zero-order valence-electron chi connectivity index (χ0n) is 37.6. The average molecular weight is 862 g/mol. The highest BCUT2D eigenvalue weighted by atomic mass is 31.2. The van der Waals surface area contributed by atoms with E-state index in [0.717, 1.165) is 51.4 Å². The second-order valence-electron chi connectivity index (χ2n) is 15.7. The average Bonchev–Trinajstić information content (AvgIpc) is 3.19. The van der Waals surface area contributed by atoms with Crippen molar-refractivity contribution in [2.24, 2.45) is 0 Å². The van der Waals surface area contributed by atoms with Gasteiger partial charge in [-0.25, -0.2) is 0 Å². The third-order valence-corrected chi connectivity index (χ3v) is 9.73. The smallest absolute Gasteiger partial charge is 0.306 e. The number of phosphoric acid groups is 1. The molecule has 11 nitrogen and oxygen atoms in total. The standard InChI is InChI=1S/C48H80NO10P/c1-6-8-10-11-12-13-14-15-16-17-18-19-23-26-32-39-48(53)59-46(43-58-60(54,55)57-41-40-49(3,4)5)42-56-47(52)38-33-27-31-37-45(51)36-30-25-22-20-21-24-29-35-44(50)34-28-9-7-2/h9,12-13,15-16,21-22,24-25,28-31,35-37,44-46,50-51H,6-8,10-11,14,17-20,23,26-27,32-34,38-43H2,1-5H3/b13-12-,16-15-,24-21-,25-22-,28-9-,35-29+,36-30+,37-31-/t44-,45-,46-/m1/s1. The summed E-state index contributed by atoms with van der Waals surface area (Å²) in [6.45, 7) is 3.74. The van der Waals surface area contributed by atoms with Crippen LogP contribution in [0.2, 0.25) is 0 Å². The highest BCUT2D eigenvalue weighted by Gasteiger charge is 2.21. The molecule has 0 aliphatic carbocycles. The molecule has 1 unspecified atom stereocenters. The highest BCUT2D eigenvalue weighted by Crippen LogP contribution is 2.38. The Kier molecular flexibility index (Phi) is 36.7. The van der Waals surface area contributed by atoms with Crippen LogP contribution in [0.25, 0.3) is 0 Å². The highest BCUT2D eigenvalue weighted by molar-refractivity contribution is 7.45. The number of aliphatic hydroxyl groups is 2. The fraction of sp³-hybridized carbons (Fsp3) is 0.625. The van der Waals surface area contributed by atoms with Crippen molar-refractivity contribution in [3.63, 3.8) is 0 Å². The molecule has 2 N–H and O–H groups in total. The number of quaternary nitrogens is 1. The summed E-state index contributed by atoms with van der Waals surface area (Å²) in [6, 6.07) is 0. The van der Waals surface area contributed by atoms with Gasteiger partial charge in [-0.05, 0) is 70.6 Å². The first kappa shape index (κ1) is 56.9. The molecule has 0 heterocycles. The molecule has 0 spiro atoms. The van der Waals surface area contributed by atoms with Crippen molar-refractivity contribution in [3.05, 3.63) is 97.2 Å². The summed E-state index contributed by atoms with van der Waals surface area (Å²) in [5.41, 5.74) is 0. The molecule has 0 aromatic carbocycles. The molecule has 0 fully saturated rings. The summed E-state index contributed by atoms with van der Waals surface area (Å²) in [5.74, 6) is -1.05. The van der Waals surface area contributed by atoms with Crippen LogP contribution in [0.4, 0.5) is 0 Å². The van der Waals surface area contributed by atoms with Crippen molar-refractivity contribution < 1.29 is 52.3 Å². The Balaban J connectivity index is 4.65. The largest absolute Gasteiger partial charge is 0.756 e. The molecule has 4 atom stereocenters. The lowest BCUT2D eigenvalue weighted by atomic mass is 10.1. The molecule has 0 aliphatic rings. The van der Waals surface area contributed by atoms with E-state index >= 15 is 0 Å². The zero-order valence-corrected chi connectivity index (χ0v) is 38.5. The Hall–Kier alpha value is -3.15. The van der Waals surface area contributed by atoms with Gasteiger partial charge in [-0.15, -0.1) is 0 Å². The number of rotatable bonds is 38. The van der Waals surface area contributed by atoms with Gasteiger partial charge in [-0.2, -0.15) is 0 Å². The number of esters is 2. The van der Waals surface area contributed by atoms with Gasteiger partial charge in [0.1, 0.15) is 19.8 Å². The molecule has 60 heavy (non-hydrogen) atoms. The third kappa shape index (κ3) is 41.6. The second-order valence-corrected chi connectivity index (χ2v) is 17.1. The second kappa shape index (κ2) is 38.7. The number of nitrogens with zero attached hydrogens (tertiary/aromatic N) is 1. The summed E-state index contributed by atoms with van der Waals surface area (Å²) in [4.78, 5) is 37.5. The minimum atomic E-state index is -4.68. The molecule has 0 aliphatic heterocycles. The molecule has 0 radical (unpaired) electrons. The molecule has 12 heteroatoms. The molecule has 0 saturated heterocycles. The van der Waals surface area contributed by atoms with Crippen LogP contribution in [0, 0.1) is 0 Å². The fourth-order valence-electron chi connectivity index (χ4n) is 5.25. The van der Waals surface area contributed by atoms with E-state index in [-0.39, 0.29) is 26.1 Å². The first-order chi connectivity index (χ1) is 28.8. The van der Waals surface area contributed by atoms with Crippen LogP contribution >= 0.6 is 7.82 Å². The summed E-state index contributed by atoms with van der Waals surface area (Å²) in [6.07, 6.45) is 43.7. The normalized spacial score (nSPS) is 15.5. The monoisotopic (exact) mass is 862 g/mol. The molecule has 0 saturated carbocycles. The van der Waals surface area contributed by atoms with E-state index in [2.05, 4.69) is 38.2 Å². The van der Waals surface area contributed by atoms with Gasteiger partial charge in [-0.1, -0.05) is 143 Å². The van der Waals surface area contributed by atoms with Gasteiger partial charge in [-0.3, -0.25) is 14.2 Å². The summed E-state index contributed by atoms with van der Waals surface area (Å²) < 4.78 is 33.7. The van der Waals surface area contributed by atoms with Gasteiger partial charge in [0.05, 0.1) is 40.0 Å². The summed E-state index contributed by atoms with van der Waals surface area (Å²) >= 11 is 0. The lowest BCUT2D eigenvalue weighted by Crippen LogP contribution is -2.37. The van der Waals surface area contributed by atoms with Crippen LogP contribution in [0.5, 0.6) is 0 Å². The quantitative estimate of drug-likeness (QED) is 0.0153. The SMILES string of the molecule is CC/C=C\C[C@@H](O)/C=C/C=C\C/C=C\C=C\[C@@H](O)/C=C\CCCC(=O)OC[C@H](COP(=O)([O-])OCC[N+](C)(C)C)OC(=O)CCCCCCC/C=C\C/C=C\CCCCC. The first-order valence-corrected chi connectivity index (χ1v) is 23.6. The maximum absolute atomic E-state index is 12.7. The van der Waals surface area contributed by atoms with E-state index in [0.29, 0.717) is 43.1 Å². The van der Waals surface area contributed by atoms with E-state index in [9.17, 15) is 29.3 Å². The minimum Gasteiger partial charge on any atom is -0.756 e. The van der Waals surface area contributed by atoms with Gasteiger partial charge in [0.15, 0.2) is 6.10 Å². The van der Waals surface area contributed by atoms with Crippen LogP contribution < -0.4 is 4.89 Å². The van der Waals surface area contributed by atoms with Gasteiger partial charge in [0, 0.05) is 12.8 Å². The van der Waals surface area contributed by atoms with E-state index < -0.39 is 44.7 Å². The first-order valence-electron chi connectivity index (χ1n) is 22.2. The number of allylic oxidation sites excluding steroid dienone is 12. The lowest BCUT2D eigenvalue weighted by molar-refractivity contribution is -0.870. The van der Waals surface area contributed by atoms with Gasteiger partial charge >= 0.3 is 11.9 Å². The molecule has 0 aromatic rings. The van der Waals surface area contributed by atoms with Gasteiger partial charge < -0.3 is 38.1 Å². The van der Waals surface area contributed by atoms with Crippen LogP contribution in [0.15, 0.2) is 97.2 Å². The molecular formula is C48H80NO10P. The van der Waals surface area contributed by atoms with Gasteiger partial charge in [0.25, 0.3) is 7.82 Å². The summed E-state index contributed by atoms with van der Waals surface area (Å²) in [7, 11) is 1.02. The van der Waals surface area contributed by atoms with Crippen molar-refractivity contribution in [2.45, 2.75) is 148 Å².